The molecule has 0 fully saturated rings. The Labute approximate surface area is 88.7 Å². The van der Waals surface area contributed by atoms with Crippen molar-refractivity contribution in [1.82, 2.24) is 0 Å². The second-order valence-corrected chi connectivity index (χ2v) is 3.36. The molecule has 1 aromatic rings. The van der Waals surface area contributed by atoms with Crippen molar-refractivity contribution in [3.8, 4) is 0 Å². The van der Waals surface area contributed by atoms with Crippen LogP contribution in [0, 0.1) is 0 Å². The molecule has 0 radical (unpaired) electrons. The van der Waals surface area contributed by atoms with E-state index in [4.69, 9.17) is 15.6 Å². The van der Waals surface area contributed by atoms with Crippen molar-refractivity contribution in [2.45, 2.75) is 25.7 Å². The summed E-state index contributed by atoms with van der Waals surface area (Å²) in [5, 5.41) is 9.06. The van der Waals surface area contributed by atoms with Gasteiger partial charge in [-0.1, -0.05) is 30.3 Å². The van der Waals surface area contributed by atoms with Gasteiger partial charge in [-0.05, 0) is 12.5 Å². The summed E-state index contributed by atoms with van der Waals surface area (Å²) in [6.45, 7) is 1.63. The van der Waals surface area contributed by atoms with Crippen molar-refractivity contribution >= 4 is 5.97 Å². The van der Waals surface area contributed by atoms with E-state index in [1.54, 1.807) is 0 Å². The first kappa shape index (κ1) is 11.7. The summed E-state index contributed by atoms with van der Waals surface area (Å²) in [4.78, 5) is 11.3. The third kappa shape index (κ3) is 3.69. The first-order valence-corrected chi connectivity index (χ1v) is 4.75. The maximum absolute atomic E-state index is 11.3. The first-order valence-electron chi connectivity index (χ1n) is 4.75. The van der Waals surface area contributed by atoms with Gasteiger partial charge >= 0.3 is 5.97 Å². The molecule has 1 rings (SSSR count). The Hall–Kier alpha value is -1.39. The predicted molar refractivity (Wildman–Crippen MR) is 55.9 cm³/mol. The van der Waals surface area contributed by atoms with E-state index < -0.39 is 18.1 Å². The van der Waals surface area contributed by atoms with Gasteiger partial charge in [-0.3, -0.25) is 4.79 Å². The van der Waals surface area contributed by atoms with Crippen LogP contribution < -0.4 is 5.73 Å². The maximum Gasteiger partial charge on any atom is 0.325 e. The molecule has 0 amide bonds. The van der Waals surface area contributed by atoms with Gasteiger partial charge < -0.3 is 15.6 Å². The monoisotopic (exact) mass is 209 g/mol. The summed E-state index contributed by atoms with van der Waals surface area (Å²) in [6, 6.07) is 8.32. The van der Waals surface area contributed by atoms with Gasteiger partial charge in [-0.25, -0.2) is 0 Å². The Balaban J connectivity index is 2.41. The quantitative estimate of drug-likeness (QED) is 0.706. The number of hydrogen-bond acceptors (Lipinski definition) is 4. The second-order valence-electron chi connectivity index (χ2n) is 3.36. The topological polar surface area (TPSA) is 72.5 Å². The zero-order valence-electron chi connectivity index (χ0n) is 8.59. The van der Waals surface area contributed by atoms with Gasteiger partial charge in [0.25, 0.3) is 0 Å². The van der Waals surface area contributed by atoms with Gasteiger partial charge in [0.1, 0.15) is 12.6 Å². The van der Waals surface area contributed by atoms with Crippen LogP contribution in [0.1, 0.15) is 12.5 Å². The summed E-state index contributed by atoms with van der Waals surface area (Å²) < 4.78 is 4.93. The molecule has 4 heteroatoms. The number of rotatable bonds is 4. The number of ether oxygens (including phenoxy) is 1. The molecule has 0 spiro atoms. The van der Waals surface area contributed by atoms with Crippen LogP contribution in [0.25, 0.3) is 0 Å². The molecule has 0 aliphatic rings. The molecular formula is C11H15NO3. The molecule has 0 saturated carbocycles. The summed E-state index contributed by atoms with van der Waals surface area (Å²) in [5.41, 5.74) is 6.29. The molecule has 0 bridgehead atoms. The van der Waals surface area contributed by atoms with Crippen LogP contribution in [0.5, 0.6) is 0 Å². The minimum Gasteiger partial charge on any atom is -0.460 e. The summed E-state index contributed by atoms with van der Waals surface area (Å²) >= 11 is 0. The number of nitrogens with two attached hydrogens (primary N) is 1. The highest BCUT2D eigenvalue weighted by atomic mass is 16.5. The largest absolute Gasteiger partial charge is 0.460 e. The molecule has 0 aliphatic carbocycles. The van der Waals surface area contributed by atoms with Gasteiger partial charge in [-0.2, -0.15) is 0 Å². The van der Waals surface area contributed by atoms with Crippen molar-refractivity contribution in [1.29, 1.82) is 0 Å². The average Bonchev–Trinajstić information content (AvgIpc) is 2.26. The molecule has 3 N–H and O–H groups in total. The predicted octanol–water partition coefficient (Wildman–Crippen LogP) is 0.438. The van der Waals surface area contributed by atoms with Gasteiger partial charge in [0.05, 0.1) is 6.10 Å². The SMILES string of the molecule is CC(O)[C@H](N)C(=O)OCc1ccccc1. The van der Waals surface area contributed by atoms with Crippen LogP contribution >= 0.6 is 0 Å². The van der Waals surface area contributed by atoms with E-state index in [0.717, 1.165) is 5.56 Å². The highest BCUT2D eigenvalue weighted by Gasteiger charge is 2.19. The molecule has 15 heavy (non-hydrogen) atoms. The van der Waals surface area contributed by atoms with E-state index in [1.807, 2.05) is 30.3 Å². The molecular weight excluding hydrogens is 194 g/mol. The highest BCUT2D eigenvalue weighted by Crippen LogP contribution is 2.02. The third-order valence-corrected chi connectivity index (χ3v) is 2.02. The standard InChI is InChI=1S/C11H15NO3/c1-8(13)10(12)11(14)15-7-9-5-3-2-4-6-9/h2-6,8,10,13H,7,12H2,1H3/t8?,10-/m0/s1. The number of carbonyl (C=O) groups is 1. The molecule has 0 heterocycles. The summed E-state index contributed by atoms with van der Waals surface area (Å²) in [6.07, 6.45) is -0.895. The van der Waals surface area contributed by atoms with Crippen LogP contribution in [-0.4, -0.2) is 23.2 Å². The van der Waals surface area contributed by atoms with Gasteiger partial charge in [0.15, 0.2) is 0 Å². The van der Waals surface area contributed by atoms with Gasteiger partial charge in [0, 0.05) is 0 Å². The third-order valence-electron chi connectivity index (χ3n) is 2.02. The summed E-state index contributed by atoms with van der Waals surface area (Å²) in [7, 11) is 0. The number of carbonyl (C=O) groups excluding carboxylic acids is 1. The molecule has 2 atom stereocenters. The lowest BCUT2D eigenvalue weighted by Crippen LogP contribution is -2.41. The molecule has 0 aromatic heterocycles. The minimum atomic E-state index is -0.978. The number of esters is 1. The maximum atomic E-state index is 11.3. The van der Waals surface area contributed by atoms with E-state index in [9.17, 15) is 4.79 Å². The van der Waals surface area contributed by atoms with Gasteiger partial charge in [-0.15, -0.1) is 0 Å². The number of aliphatic hydroxyl groups excluding tert-OH is 1. The van der Waals surface area contributed by atoms with Crippen molar-refractivity contribution in [3.05, 3.63) is 35.9 Å². The lowest BCUT2D eigenvalue weighted by Gasteiger charge is -2.13. The van der Waals surface area contributed by atoms with Crippen molar-refractivity contribution in [2.75, 3.05) is 0 Å². The number of aliphatic hydroxyl groups is 1. The lowest BCUT2D eigenvalue weighted by molar-refractivity contribution is -0.149. The van der Waals surface area contributed by atoms with Gasteiger partial charge in [0.2, 0.25) is 0 Å². The highest BCUT2D eigenvalue weighted by molar-refractivity contribution is 5.76. The van der Waals surface area contributed by atoms with Crippen LogP contribution in [0.3, 0.4) is 0 Å². The van der Waals surface area contributed by atoms with Crippen molar-refractivity contribution in [3.63, 3.8) is 0 Å². The van der Waals surface area contributed by atoms with E-state index in [0.29, 0.717) is 0 Å². The molecule has 1 unspecified atom stereocenters. The van der Waals surface area contributed by atoms with Crippen LogP contribution in [-0.2, 0) is 16.1 Å². The smallest absolute Gasteiger partial charge is 0.325 e. The van der Waals surface area contributed by atoms with E-state index in [-0.39, 0.29) is 6.61 Å². The molecule has 82 valence electrons. The molecule has 1 aromatic carbocycles. The fourth-order valence-electron chi connectivity index (χ4n) is 1.02. The Bertz CT molecular complexity index is 311. The van der Waals surface area contributed by atoms with Crippen LogP contribution in [0.4, 0.5) is 0 Å². The second kappa shape index (κ2) is 5.48. The average molecular weight is 209 g/mol. The van der Waals surface area contributed by atoms with Crippen LogP contribution in [0.15, 0.2) is 30.3 Å². The number of benzene rings is 1. The summed E-state index contributed by atoms with van der Waals surface area (Å²) in [5.74, 6) is -0.589. The Morgan fingerprint density at radius 2 is 2.07 bits per heavy atom. The molecule has 4 nitrogen and oxygen atoms in total. The first-order chi connectivity index (χ1) is 7.11. The zero-order chi connectivity index (χ0) is 11.3. The van der Waals surface area contributed by atoms with Crippen molar-refractivity contribution < 1.29 is 14.6 Å². The zero-order valence-corrected chi connectivity index (χ0v) is 8.59. The lowest BCUT2D eigenvalue weighted by atomic mass is 10.2. The number of hydrogen-bond donors (Lipinski definition) is 2. The normalized spacial score (nSPS) is 14.3. The van der Waals surface area contributed by atoms with E-state index in [1.165, 1.54) is 6.92 Å². The minimum absolute atomic E-state index is 0.181. The van der Waals surface area contributed by atoms with Crippen molar-refractivity contribution in [2.24, 2.45) is 5.73 Å². The molecule has 0 aliphatic heterocycles. The fourth-order valence-corrected chi connectivity index (χ4v) is 1.02. The Kier molecular flexibility index (Phi) is 4.27. The Morgan fingerprint density at radius 3 is 2.60 bits per heavy atom. The molecule has 0 saturated heterocycles. The van der Waals surface area contributed by atoms with E-state index in [2.05, 4.69) is 0 Å². The van der Waals surface area contributed by atoms with Crippen LogP contribution in [0.2, 0.25) is 0 Å². The van der Waals surface area contributed by atoms with E-state index >= 15 is 0 Å². The fraction of sp³-hybridized carbons (Fsp3) is 0.364. The Morgan fingerprint density at radius 1 is 1.47 bits per heavy atom.